The maximum atomic E-state index is 6.18. The normalized spacial score (nSPS) is 13.7. The minimum atomic E-state index is -0.179. The average molecular weight is 264 g/mol. The fourth-order valence-electron chi connectivity index (χ4n) is 2.29. The molecule has 1 atom stereocenters. The molecule has 0 radical (unpaired) electrons. The van der Waals surface area contributed by atoms with Crippen molar-refractivity contribution in [3.05, 3.63) is 29.3 Å². The highest BCUT2D eigenvalue weighted by atomic mass is 16.5. The predicted molar refractivity (Wildman–Crippen MR) is 81.7 cm³/mol. The molecule has 0 aromatic heterocycles. The van der Waals surface area contributed by atoms with Crippen molar-refractivity contribution in [2.24, 2.45) is 5.73 Å². The topological polar surface area (TPSA) is 38.5 Å². The first kappa shape index (κ1) is 16.0. The summed E-state index contributed by atoms with van der Waals surface area (Å²) in [4.78, 5) is 2.23. The smallest absolute Gasteiger partial charge is 0.122 e. The van der Waals surface area contributed by atoms with Crippen molar-refractivity contribution in [2.45, 2.75) is 45.7 Å². The molecule has 0 saturated carbocycles. The van der Waals surface area contributed by atoms with Gasteiger partial charge in [0.2, 0.25) is 0 Å². The highest BCUT2D eigenvalue weighted by Crippen LogP contribution is 2.30. The lowest BCUT2D eigenvalue weighted by molar-refractivity contribution is 0.242. The van der Waals surface area contributed by atoms with E-state index in [-0.39, 0.29) is 5.54 Å². The zero-order chi connectivity index (χ0) is 14.6. The van der Waals surface area contributed by atoms with Crippen LogP contribution in [0.1, 0.15) is 44.4 Å². The number of benzene rings is 1. The van der Waals surface area contributed by atoms with E-state index in [9.17, 15) is 0 Å². The molecule has 0 spiro atoms. The van der Waals surface area contributed by atoms with Crippen LogP contribution in [0.25, 0.3) is 0 Å². The van der Waals surface area contributed by atoms with Gasteiger partial charge in [-0.15, -0.1) is 0 Å². The van der Waals surface area contributed by atoms with Crippen LogP contribution in [0, 0.1) is 6.92 Å². The van der Waals surface area contributed by atoms with E-state index in [0.717, 1.165) is 12.2 Å². The van der Waals surface area contributed by atoms with E-state index >= 15 is 0 Å². The number of nitrogens with zero attached hydrogens (tertiary/aromatic N) is 1. The summed E-state index contributed by atoms with van der Waals surface area (Å²) in [6.07, 6.45) is 0.924. The molecule has 2 N–H and O–H groups in total. The number of hydrogen-bond donors (Lipinski definition) is 1. The summed E-state index contributed by atoms with van der Waals surface area (Å²) in [6.45, 7) is 8.95. The Kier molecular flexibility index (Phi) is 5.39. The lowest BCUT2D eigenvalue weighted by Crippen LogP contribution is -2.37. The largest absolute Gasteiger partial charge is 0.494 e. The zero-order valence-corrected chi connectivity index (χ0v) is 13.2. The lowest BCUT2D eigenvalue weighted by atomic mass is 9.90. The summed E-state index contributed by atoms with van der Waals surface area (Å²) in [5.74, 6) is 0.968. The monoisotopic (exact) mass is 264 g/mol. The third-order valence-corrected chi connectivity index (χ3v) is 3.23. The fraction of sp³-hybridized carbons (Fsp3) is 0.625. The summed E-state index contributed by atoms with van der Waals surface area (Å²) in [6, 6.07) is 6.75. The molecule has 0 aliphatic heterocycles. The van der Waals surface area contributed by atoms with Gasteiger partial charge in [0.25, 0.3) is 0 Å². The van der Waals surface area contributed by atoms with Gasteiger partial charge in [-0.05, 0) is 65.4 Å². The SMILES string of the molecule is CCOc1ccc(C(CC(C)(C)N)N(C)C)cc1C. The molecular weight excluding hydrogens is 236 g/mol. The van der Waals surface area contributed by atoms with E-state index in [2.05, 4.69) is 58.0 Å². The van der Waals surface area contributed by atoms with Crippen molar-refractivity contribution in [3.8, 4) is 5.75 Å². The van der Waals surface area contributed by atoms with Gasteiger partial charge in [0.15, 0.2) is 0 Å². The van der Waals surface area contributed by atoms with Crippen LogP contribution < -0.4 is 10.5 Å². The van der Waals surface area contributed by atoms with Gasteiger partial charge in [-0.3, -0.25) is 0 Å². The van der Waals surface area contributed by atoms with Crippen LogP contribution in [0.3, 0.4) is 0 Å². The Bertz CT molecular complexity index is 408. The minimum Gasteiger partial charge on any atom is -0.494 e. The van der Waals surface area contributed by atoms with E-state index in [1.165, 1.54) is 11.1 Å². The molecule has 1 unspecified atom stereocenters. The molecule has 1 aromatic carbocycles. The maximum absolute atomic E-state index is 6.18. The van der Waals surface area contributed by atoms with E-state index in [1.807, 2.05) is 6.92 Å². The summed E-state index contributed by atoms with van der Waals surface area (Å²) < 4.78 is 5.59. The average Bonchev–Trinajstić information content (AvgIpc) is 2.27. The molecule has 19 heavy (non-hydrogen) atoms. The summed E-state index contributed by atoms with van der Waals surface area (Å²) in [5, 5.41) is 0. The van der Waals surface area contributed by atoms with Crippen molar-refractivity contribution in [1.82, 2.24) is 4.90 Å². The molecular formula is C16H28N2O. The van der Waals surface area contributed by atoms with Gasteiger partial charge >= 0.3 is 0 Å². The first-order chi connectivity index (χ1) is 8.74. The van der Waals surface area contributed by atoms with Crippen LogP contribution in [-0.4, -0.2) is 31.1 Å². The van der Waals surface area contributed by atoms with Gasteiger partial charge in [-0.2, -0.15) is 0 Å². The van der Waals surface area contributed by atoms with Crippen molar-refractivity contribution in [2.75, 3.05) is 20.7 Å². The lowest BCUT2D eigenvalue weighted by Gasteiger charge is -2.31. The number of hydrogen-bond acceptors (Lipinski definition) is 3. The Labute approximate surface area is 117 Å². The third kappa shape index (κ3) is 4.84. The van der Waals surface area contributed by atoms with Gasteiger partial charge in [0, 0.05) is 11.6 Å². The van der Waals surface area contributed by atoms with Crippen LogP contribution in [0.4, 0.5) is 0 Å². The highest BCUT2D eigenvalue weighted by molar-refractivity contribution is 5.37. The van der Waals surface area contributed by atoms with Crippen LogP contribution in [0.15, 0.2) is 18.2 Å². The second-order valence-corrected chi connectivity index (χ2v) is 6.13. The molecule has 108 valence electrons. The van der Waals surface area contributed by atoms with Gasteiger partial charge in [-0.1, -0.05) is 12.1 Å². The van der Waals surface area contributed by atoms with Crippen LogP contribution >= 0.6 is 0 Å². The zero-order valence-electron chi connectivity index (χ0n) is 13.2. The van der Waals surface area contributed by atoms with E-state index in [0.29, 0.717) is 12.6 Å². The van der Waals surface area contributed by atoms with Crippen molar-refractivity contribution >= 4 is 0 Å². The fourth-order valence-corrected chi connectivity index (χ4v) is 2.29. The molecule has 3 nitrogen and oxygen atoms in total. The van der Waals surface area contributed by atoms with Crippen LogP contribution in [-0.2, 0) is 0 Å². The van der Waals surface area contributed by atoms with Gasteiger partial charge < -0.3 is 15.4 Å². The second kappa shape index (κ2) is 6.40. The number of rotatable bonds is 6. The van der Waals surface area contributed by atoms with Crippen molar-refractivity contribution < 1.29 is 4.74 Å². The Balaban J connectivity index is 3.00. The minimum absolute atomic E-state index is 0.179. The maximum Gasteiger partial charge on any atom is 0.122 e. The van der Waals surface area contributed by atoms with Crippen molar-refractivity contribution in [3.63, 3.8) is 0 Å². The van der Waals surface area contributed by atoms with Crippen LogP contribution in [0.5, 0.6) is 5.75 Å². The van der Waals surface area contributed by atoms with E-state index in [1.54, 1.807) is 0 Å². The van der Waals surface area contributed by atoms with Gasteiger partial charge in [0.05, 0.1) is 6.61 Å². The number of ether oxygens (including phenoxy) is 1. The molecule has 0 aliphatic carbocycles. The summed E-state index contributed by atoms with van der Waals surface area (Å²) in [5.41, 5.74) is 8.47. The van der Waals surface area contributed by atoms with Crippen LogP contribution in [0.2, 0.25) is 0 Å². The molecule has 1 rings (SSSR count). The molecule has 0 amide bonds. The Hall–Kier alpha value is -1.06. The molecule has 1 aromatic rings. The van der Waals surface area contributed by atoms with E-state index in [4.69, 9.17) is 10.5 Å². The Morgan fingerprint density at radius 3 is 2.37 bits per heavy atom. The van der Waals surface area contributed by atoms with Crippen molar-refractivity contribution in [1.29, 1.82) is 0 Å². The molecule has 0 bridgehead atoms. The summed E-state index contributed by atoms with van der Waals surface area (Å²) >= 11 is 0. The molecule has 0 fully saturated rings. The second-order valence-electron chi connectivity index (χ2n) is 6.13. The third-order valence-electron chi connectivity index (χ3n) is 3.23. The first-order valence-electron chi connectivity index (χ1n) is 6.93. The molecule has 0 saturated heterocycles. The quantitative estimate of drug-likeness (QED) is 0.858. The Morgan fingerprint density at radius 1 is 1.32 bits per heavy atom. The molecule has 0 heterocycles. The summed E-state index contributed by atoms with van der Waals surface area (Å²) in [7, 11) is 4.20. The number of aryl methyl sites for hydroxylation is 1. The molecule has 3 heteroatoms. The molecule has 0 aliphatic rings. The number of nitrogens with two attached hydrogens (primary N) is 1. The first-order valence-corrected chi connectivity index (χ1v) is 6.93. The van der Waals surface area contributed by atoms with Gasteiger partial charge in [-0.25, -0.2) is 0 Å². The van der Waals surface area contributed by atoms with E-state index < -0.39 is 0 Å². The Morgan fingerprint density at radius 2 is 1.95 bits per heavy atom. The highest BCUT2D eigenvalue weighted by Gasteiger charge is 2.22. The predicted octanol–water partition coefficient (Wildman–Crippen LogP) is 3.12. The van der Waals surface area contributed by atoms with Gasteiger partial charge in [0.1, 0.15) is 5.75 Å². The standard InChI is InChI=1S/C16H28N2O/c1-7-19-15-9-8-13(10-12(15)2)14(18(5)6)11-16(3,4)17/h8-10,14H,7,11,17H2,1-6H3.